The summed E-state index contributed by atoms with van der Waals surface area (Å²) < 4.78 is 0. The average molecular weight is 427 g/mol. The summed E-state index contributed by atoms with van der Waals surface area (Å²) in [5, 5.41) is 5.41. The van der Waals surface area contributed by atoms with Crippen molar-refractivity contribution in [1.82, 2.24) is 20.1 Å². The summed E-state index contributed by atoms with van der Waals surface area (Å²) in [7, 11) is 0. The maximum atomic E-state index is 12.5. The highest BCUT2D eigenvalue weighted by atomic mass is 35.5. The Bertz CT molecular complexity index is 801. The zero-order valence-corrected chi connectivity index (χ0v) is 17.0. The predicted octanol–water partition coefficient (Wildman–Crippen LogP) is 2.91. The van der Waals surface area contributed by atoms with Crippen LogP contribution >= 0.6 is 34.5 Å². The molecule has 0 atom stereocenters. The number of hydrogen-bond acceptors (Lipinski definition) is 5. The summed E-state index contributed by atoms with van der Waals surface area (Å²) in [6.45, 7) is 3.79. The Balaban J connectivity index is 1.48. The number of nitrogens with one attached hydrogen (secondary N) is 1. The SMILES string of the molecule is O=C(NCC(=O)N1CCCN(Cc2cscn2)CC1)c1ccc(Cl)cc1Cl. The van der Waals surface area contributed by atoms with Gasteiger partial charge in [0.1, 0.15) is 0 Å². The van der Waals surface area contributed by atoms with Gasteiger partial charge < -0.3 is 10.2 Å². The van der Waals surface area contributed by atoms with Gasteiger partial charge in [0.25, 0.3) is 5.91 Å². The first-order chi connectivity index (χ1) is 13.0. The van der Waals surface area contributed by atoms with E-state index in [9.17, 15) is 9.59 Å². The number of nitrogens with zero attached hydrogens (tertiary/aromatic N) is 3. The number of amides is 2. The van der Waals surface area contributed by atoms with Crippen LogP contribution in [0.25, 0.3) is 0 Å². The molecule has 2 amide bonds. The van der Waals surface area contributed by atoms with Gasteiger partial charge in [-0.3, -0.25) is 14.5 Å². The van der Waals surface area contributed by atoms with E-state index in [-0.39, 0.29) is 23.4 Å². The molecule has 0 saturated carbocycles. The molecule has 0 spiro atoms. The first kappa shape index (κ1) is 20.1. The molecule has 144 valence electrons. The standard InChI is InChI=1S/C18H20Cl2N4O2S/c19-13-2-3-15(16(20)8-13)18(26)21-9-17(25)24-5-1-4-23(6-7-24)10-14-11-27-12-22-14/h2-3,8,11-12H,1,4-7,9-10H2,(H,21,26). The fourth-order valence-corrected chi connectivity index (χ4v) is 4.00. The molecule has 9 heteroatoms. The van der Waals surface area contributed by atoms with Crippen LogP contribution in [-0.2, 0) is 11.3 Å². The molecule has 1 aliphatic rings. The molecule has 1 aromatic carbocycles. The lowest BCUT2D eigenvalue weighted by Crippen LogP contribution is -2.42. The van der Waals surface area contributed by atoms with E-state index in [1.54, 1.807) is 28.4 Å². The van der Waals surface area contributed by atoms with Crippen LogP contribution in [0.1, 0.15) is 22.5 Å². The number of hydrogen-bond donors (Lipinski definition) is 1. The number of thiazole rings is 1. The van der Waals surface area contributed by atoms with E-state index in [1.165, 1.54) is 6.07 Å². The van der Waals surface area contributed by atoms with Crippen LogP contribution in [0.5, 0.6) is 0 Å². The lowest BCUT2D eigenvalue weighted by molar-refractivity contribution is -0.130. The highest BCUT2D eigenvalue weighted by Crippen LogP contribution is 2.20. The molecule has 1 aromatic heterocycles. The van der Waals surface area contributed by atoms with Crippen molar-refractivity contribution in [1.29, 1.82) is 0 Å². The lowest BCUT2D eigenvalue weighted by atomic mass is 10.2. The molecule has 2 heterocycles. The summed E-state index contributed by atoms with van der Waals surface area (Å²) in [5.74, 6) is -0.478. The van der Waals surface area contributed by atoms with Gasteiger partial charge in [-0.25, -0.2) is 4.98 Å². The van der Waals surface area contributed by atoms with Crippen LogP contribution in [0.2, 0.25) is 10.0 Å². The monoisotopic (exact) mass is 426 g/mol. The Labute approximate surface area is 172 Å². The van der Waals surface area contributed by atoms with Gasteiger partial charge in [0, 0.05) is 43.1 Å². The van der Waals surface area contributed by atoms with Gasteiger partial charge in [0.2, 0.25) is 5.91 Å². The second kappa shape index (κ2) is 9.50. The van der Waals surface area contributed by atoms with E-state index >= 15 is 0 Å². The Morgan fingerprint density at radius 1 is 1.19 bits per heavy atom. The molecule has 1 fully saturated rings. The van der Waals surface area contributed by atoms with Gasteiger partial charge in [0.15, 0.2) is 0 Å². The van der Waals surface area contributed by atoms with Crippen LogP contribution < -0.4 is 5.32 Å². The molecule has 0 radical (unpaired) electrons. The maximum absolute atomic E-state index is 12.5. The molecular weight excluding hydrogens is 407 g/mol. The number of rotatable bonds is 5. The van der Waals surface area contributed by atoms with Gasteiger partial charge in [-0.1, -0.05) is 23.2 Å². The molecule has 1 saturated heterocycles. The lowest BCUT2D eigenvalue weighted by Gasteiger charge is -2.21. The summed E-state index contributed by atoms with van der Waals surface area (Å²) in [6, 6.07) is 4.65. The Morgan fingerprint density at radius 3 is 2.78 bits per heavy atom. The fourth-order valence-electron chi connectivity index (χ4n) is 2.96. The summed E-state index contributed by atoms with van der Waals surface area (Å²) in [6.07, 6.45) is 0.896. The van der Waals surface area contributed by atoms with Gasteiger partial charge in [-0.15, -0.1) is 11.3 Å². The zero-order valence-electron chi connectivity index (χ0n) is 14.7. The van der Waals surface area contributed by atoms with E-state index in [4.69, 9.17) is 23.2 Å². The van der Waals surface area contributed by atoms with Crippen molar-refractivity contribution in [3.8, 4) is 0 Å². The van der Waals surface area contributed by atoms with E-state index < -0.39 is 0 Å². The minimum absolute atomic E-state index is 0.0517. The van der Waals surface area contributed by atoms with Gasteiger partial charge in [-0.05, 0) is 24.6 Å². The first-order valence-electron chi connectivity index (χ1n) is 8.63. The normalized spacial score (nSPS) is 15.4. The highest BCUT2D eigenvalue weighted by Gasteiger charge is 2.20. The van der Waals surface area contributed by atoms with Crippen molar-refractivity contribution < 1.29 is 9.59 Å². The van der Waals surface area contributed by atoms with Crippen LogP contribution in [0.3, 0.4) is 0 Å². The minimum Gasteiger partial charge on any atom is -0.343 e. The average Bonchev–Trinajstić information content (AvgIpc) is 3.03. The summed E-state index contributed by atoms with van der Waals surface area (Å²) in [5.41, 5.74) is 3.20. The third-order valence-corrected chi connectivity index (χ3v) is 5.57. The molecule has 0 unspecified atom stereocenters. The Kier molecular flexibility index (Phi) is 7.07. The molecule has 1 N–H and O–H groups in total. The Hall–Kier alpha value is -1.67. The highest BCUT2D eigenvalue weighted by molar-refractivity contribution is 7.07. The predicted molar refractivity (Wildman–Crippen MR) is 107 cm³/mol. The van der Waals surface area contributed by atoms with E-state index in [2.05, 4.69) is 15.2 Å². The van der Waals surface area contributed by atoms with Crippen LogP contribution in [0.15, 0.2) is 29.1 Å². The van der Waals surface area contributed by atoms with Crippen LogP contribution in [0.4, 0.5) is 0 Å². The Morgan fingerprint density at radius 2 is 2.04 bits per heavy atom. The number of aromatic nitrogens is 1. The van der Waals surface area contributed by atoms with Crippen LogP contribution in [-0.4, -0.2) is 59.3 Å². The molecule has 0 aliphatic carbocycles. The number of benzene rings is 1. The molecule has 1 aliphatic heterocycles. The smallest absolute Gasteiger partial charge is 0.253 e. The van der Waals surface area contributed by atoms with E-state index in [0.717, 1.165) is 31.7 Å². The summed E-state index contributed by atoms with van der Waals surface area (Å²) >= 11 is 13.5. The second-order valence-corrected chi connectivity index (χ2v) is 7.86. The first-order valence-corrected chi connectivity index (χ1v) is 10.3. The third-order valence-electron chi connectivity index (χ3n) is 4.39. The molecule has 27 heavy (non-hydrogen) atoms. The second-order valence-electron chi connectivity index (χ2n) is 6.30. The van der Waals surface area contributed by atoms with Crippen molar-refractivity contribution in [2.45, 2.75) is 13.0 Å². The van der Waals surface area contributed by atoms with Crippen molar-refractivity contribution in [2.24, 2.45) is 0 Å². The fraction of sp³-hybridized carbons (Fsp3) is 0.389. The van der Waals surface area contributed by atoms with Crippen molar-refractivity contribution in [2.75, 3.05) is 32.7 Å². The number of carbonyl (C=O) groups excluding carboxylic acids is 2. The largest absolute Gasteiger partial charge is 0.343 e. The molecule has 0 bridgehead atoms. The number of carbonyl (C=O) groups is 2. The van der Waals surface area contributed by atoms with Crippen LogP contribution in [0, 0.1) is 0 Å². The van der Waals surface area contributed by atoms with Crippen molar-refractivity contribution in [3.05, 3.63) is 50.4 Å². The molecule has 6 nitrogen and oxygen atoms in total. The van der Waals surface area contributed by atoms with Gasteiger partial charge in [0.05, 0.1) is 28.3 Å². The molecule has 3 rings (SSSR count). The number of halogens is 2. The molecule has 2 aromatic rings. The van der Waals surface area contributed by atoms with Gasteiger partial charge >= 0.3 is 0 Å². The maximum Gasteiger partial charge on any atom is 0.253 e. The third kappa shape index (κ3) is 5.65. The quantitative estimate of drug-likeness (QED) is 0.797. The van der Waals surface area contributed by atoms with Gasteiger partial charge in [-0.2, -0.15) is 0 Å². The van der Waals surface area contributed by atoms with E-state index in [1.807, 2.05) is 10.9 Å². The molecular formula is C18H20Cl2N4O2S. The zero-order chi connectivity index (χ0) is 19.2. The minimum atomic E-state index is -0.384. The van der Waals surface area contributed by atoms with Crippen molar-refractivity contribution >= 4 is 46.4 Å². The summed E-state index contributed by atoms with van der Waals surface area (Å²) in [4.78, 5) is 33.1. The van der Waals surface area contributed by atoms with E-state index in [0.29, 0.717) is 23.7 Å². The van der Waals surface area contributed by atoms with Crippen molar-refractivity contribution in [3.63, 3.8) is 0 Å². The topological polar surface area (TPSA) is 65.5 Å².